The van der Waals surface area contributed by atoms with E-state index in [1.165, 1.54) is 0 Å². The zero-order valence-electron chi connectivity index (χ0n) is 6.69. The summed E-state index contributed by atoms with van der Waals surface area (Å²) in [5, 5.41) is 16.8. The van der Waals surface area contributed by atoms with Crippen molar-refractivity contribution in [1.82, 2.24) is 0 Å². The Balaban J connectivity index is 3.59. The number of hydrogen-bond acceptors (Lipinski definition) is 3. The van der Waals surface area contributed by atoms with Crippen LogP contribution in [-0.4, -0.2) is 28.7 Å². The van der Waals surface area contributed by atoms with Crippen LogP contribution in [0.3, 0.4) is 0 Å². The molecule has 70 valence electrons. The van der Waals surface area contributed by atoms with Gasteiger partial charge in [0.2, 0.25) is 0 Å². The highest BCUT2D eigenvalue weighted by Crippen LogP contribution is 2.06. The third kappa shape index (κ3) is 4.68. The second-order valence-corrected chi connectivity index (χ2v) is 2.56. The normalized spacial score (nSPS) is 12.4. The Morgan fingerprint density at radius 1 is 1.33 bits per heavy atom. The predicted molar refractivity (Wildman–Crippen MR) is 41.7 cm³/mol. The van der Waals surface area contributed by atoms with Gasteiger partial charge in [-0.3, -0.25) is 9.59 Å². The summed E-state index contributed by atoms with van der Waals surface area (Å²) in [5.74, 6) is -2.47. The molecule has 1 atom stereocenters. The first-order valence-corrected chi connectivity index (χ1v) is 3.72. The molecular weight excluding hydrogens is 162 g/mol. The lowest BCUT2D eigenvalue weighted by molar-refractivity contribution is -0.142. The lowest BCUT2D eigenvalue weighted by Gasteiger charge is -2.07. The fourth-order valence-electron chi connectivity index (χ4n) is 0.842. The minimum atomic E-state index is -0.956. The van der Waals surface area contributed by atoms with Gasteiger partial charge < -0.3 is 15.9 Å². The van der Waals surface area contributed by atoms with Gasteiger partial charge in [0, 0.05) is 13.0 Å². The molecule has 0 aliphatic carbocycles. The molecule has 0 aliphatic rings. The summed E-state index contributed by atoms with van der Waals surface area (Å²) in [5.41, 5.74) is 5.16. The molecule has 0 rings (SSSR count). The molecule has 12 heavy (non-hydrogen) atoms. The fourth-order valence-corrected chi connectivity index (χ4v) is 0.842. The summed E-state index contributed by atoms with van der Waals surface area (Å²) in [6.45, 7) is 0.0644. The topological polar surface area (TPSA) is 101 Å². The first-order valence-electron chi connectivity index (χ1n) is 3.72. The van der Waals surface area contributed by atoms with E-state index in [0.717, 1.165) is 0 Å². The standard InChI is InChI=1S/C7H13NO4/c8-4-5(7(11)12)2-1-3-6(9)10/h5H,1-4,8H2,(H,9,10)(H,11,12). The molecule has 0 aromatic rings. The zero-order valence-corrected chi connectivity index (χ0v) is 6.69. The summed E-state index contributed by atoms with van der Waals surface area (Å²) in [4.78, 5) is 20.4. The molecule has 0 fully saturated rings. The smallest absolute Gasteiger partial charge is 0.307 e. The first kappa shape index (κ1) is 10.9. The van der Waals surface area contributed by atoms with Gasteiger partial charge in [-0.05, 0) is 12.8 Å². The van der Waals surface area contributed by atoms with E-state index in [1.807, 2.05) is 0 Å². The van der Waals surface area contributed by atoms with E-state index < -0.39 is 17.9 Å². The van der Waals surface area contributed by atoms with Gasteiger partial charge in [-0.2, -0.15) is 0 Å². The summed E-state index contributed by atoms with van der Waals surface area (Å²) in [6.07, 6.45) is 0.700. The van der Waals surface area contributed by atoms with Gasteiger partial charge >= 0.3 is 11.9 Å². The number of carbonyl (C=O) groups is 2. The Labute approximate surface area is 70.2 Å². The van der Waals surface area contributed by atoms with Crippen molar-refractivity contribution in [3.05, 3.63) is 0 Å². The highest BCUT2D eigenvalue weighted by molar-refractivity contribution is 5.70. The van der Waals surface area contributed by atoms with Crippen molar-refractivity contribution in [2.24, 2.45) is 11.7 Å². The number of carboxylic acid groups (broad SMARTS) is 2. The van der Waals surface area contributed by atoms with Crippen molar-refractivity contribution < 1.29 is 19.8 Å². The minimum Gasteiger partial charge on any atom is -0.481 e. The number of aliphatic carboxylic acids is 2. The molecule has 5 heteroatoms. The van der Waals surface area contributed by atoms with Gasteiger partial charge in [-0.1, -0.05) is 0 Å². The molecule has 0 saturated heterocycles. The van der Waals surface area contributed by atoms with Crippen molar-refractivity contribution in [1.29, 1.82) is 0 Å². The molecule has 0 amide bonds. The average molecular weight is 175 g/mol. The molecule has 0 aromatic heterocycles. The van der Waals surface area contributed by atoms with Crippen molar-refractivity contribution in [2.45, 2.75) is 19.3 Å². The summed E-state index contributed by atoms with van der Waals surface area (Å²) >= 11 is 0. The van der Waals surface area contributed by atoms with Crippen LogP contribution >= 0.6 is 0 Å². The molecule has 0 aromatic carbocycles. The predicted octanol–water partition coefficient (Wildman–Crippen LogP) is -0.0992. The van der Waals surface area contributed by atoms with Gasteiger partial charge in [0.25, 0.3) is 0 Å². The van der Waals surface area contributed by atoms with E-state index in [-0.39, 0.29) is 13.0 Å². The third-order valence-corrected chi connectivity index (χ3v) is 1.58. The lowest BCUT2D eigenvalue weighted by atomic mass is 10.0. The third-order valence-electron chi connectivity index (χ3n) is 1.58. The zero-order chi connectivity index (χ0) is 9.56. The number of hydrogen-bond donors (Lipinski definition) is 3. The molecule has 0 spiro atoms. The van der Waals surface area contributed by atoms with E-state index in [9.17, 15) is 9.59 Å². The van der Waals surface area contributed by atoms with Crippen molar-refractivity contribution >= 4 is 11.9 Å². The SMILES string of the molecule is NCC(CCCC(=O)O)C(=O)O. The molecule has 0 bridgehead atoms. The maximum Gasteiger partial charge on any atom is 0.307 e. The number of carboxylic acids is 2. The van der Waals surface area contributed by atoms with Gasteiger partial charge in [-0.15, -0.1) is 0 Å². The fraction of sp³-hybridized carbons (Fsp3) is 0.714. The summed E-state index contributed by atoms with van der Waals surface area (Å²) in [7, 11) is 0. The Morgan fingerprint density at radius 2 is 1.92 bits per heavy atom. The average Bonchev–Trinajstić information content (AvgIpc) is 1.96. The van der Waals surface area contributed by atoms with Gasteiger partial charge in [0.15, 0.2) is 0 Å². The molecule has 5 nitrogen and oxygen atoms in total. The number of nitrogens with two attached hydrogens (primary N) is 1. The van der Waals surface area contributed by atoms with Gasteiger partial charge in [0.05, 0.1) is 5.92 Å². The highest BCUT2D eigenvalue weighted by atomic mass is 16.4. The molecular formula is C7H13NO4. The van der Waals surface area contributed by atoms with E-state index >= 15 is 0 Å². The van der Waals surface area contributed by atoms with Crippen LogP contribution in [0.15, 0.2) is 0 Å². The van der Waals surface area contributed by atoms with Crippen LogP contribution < -0.4 is 5.73 Å². The Kier molecular flexibility index (Phi) is 5.03. The molecule has 0 aliphatic heterocycles. The molecule has 4 N–H and O–H groups in total. The van der Waals surface area contributed by atoms with Crippen LogP contribution in [0.1, 0.15) is 19.3 Å². The van der Waals surface area contributed by atoms with Gasteiger partial charge in [-0.25, -0.2) is 0 Å². The minimum absolute atomic E-state index is 0.00375. The Morgan fingerprint density at radius 3 is 2.25 bits per heavy atom. The second kappa shape index (κ2) is 5.54. The van der Waals surface area contributed by atoms with E-state index in [4.69, 9.17) is 15.9 Å². The lowest BCUT2D eigenvalue weighted by Crippen LogP contribution is -2.23. The maximum absolute atomic E-state index is 10.4. The maximum atomic E-state index is 10.4. The van der Waals surface area contributed by atoms with E-state index in [1.54, 1.807) is 0 Å². The Bertz CT molecular complexity index is 169. The Hall–Kier alpha value is -1.10. The van der Waals surface area contributed by atoms with Crippen LogP contribution in [0, 0.1) is 5.92 Å². The first-order chi connectivity index (χ1) is 5.57. The van der Waals surface area contributed by atoms with Crippen LogP contribution in [0.5, 0.6) is 0 Å². The van der Waals surface area contributed by atoms with Crippen LogP contribution in [0.4, 0.5) is 0 Å². The molecule has 1 unspecified atom stereocenters. The highest BCUT2D eigenvalue weighted by Gasteiger charge is 2.14. The quantitative estimate of drug-likeness (QED) is 0.523. The van der Waals surface area contributed by atoms with E-state index in [0.29, 0.717) is 12.8 Å². The molecule has 0 heterocycles. The van der Waals surface area contributed by atoms with Crippen LogP contribution in [0.25, 0.3) is 0 Å². The monoisotopic (exact) mass is 175 g/mol. The summed E-state index contributed by atoms with van der Waals surface area (Å²) in [6, 6.07) is 0. The number of rotatable bonds is 6. The van der Waals surface area contributed by atoms with Crippen molar-refractivity contribution in [3.63, 3.8) is 0 Å². The van der Waals surface area contributed by atoms with Crippen LogP contribution in [-0.2, 0) is 9.59 Å². The van der Waals surface area contributed by atoms with Crippen LogP contribution in [0.2, 0.25) is 0 Å². The largest absolute Gasteiger partial charge is 0.481 e. The van der Waals surface area contributed by atoms with Crippen molar-refractivity contribution in [3.8, 4) is 0 Å². The summed E-state index contributed by atoms with van der Waals surface area (Å²) < 4.78 is 0. The molecule has 0 radical (unpaired) electrons. The van der Waals surface area contributed by atoms with E-state index in [2.05, 4.69) is 0 Å². The van der Waals surface area contributed by atoms with Gasteiger partial charge in [0.1, 0.15) is 0 Å². The van der Waals surface area contributed by atoms with Crippen molar-refractivity contribution in [2.75, 3.05) is 6.54 Å². The molecule has 0 saturated carbocycles. The second-order valence-electron chi connectivity index (χ2n) is 2.56.